The quantitative estimate of drug-likeness (QED) is 0.766. The second-order valence-electron chi connectivity index (χ2n) is 5.02. The Bertz CT molecular complexity index is 687. The molecule has 3 rings (SSSR count). The fourth-order valence-electron chi connectivity index (χ4n) is 2.48. The molecule has 0 fully saturated rings. The number of benzene rings is 2. The van der Waals surface area contributed by atoms with Crippen molar-refractivity contribution in [3.8, 4) is 0 Å². The fourth-order valence-corrected chi connectivity index (χ4v) is 2.48. The van der Waals surface area contributed by atoms with Gasteiger partial charge in [-0.05, 0) is 41.0 Å². The number of rotatable bonds is 4. The largest absolute Gasteiger partial charge is 0.306 e. The Morgan fingerprint density at radius 2 is 1.70 bits per heavy atom. The standard InChI is InChI=1S/C18H18N2/c1-14(15-9-11-19-12-10-15)20-13-17-7-4-6-16-5-2-3-8-18(16)17/h2-12,14,20H,13H2,1H3. The van der Waals surface area contributed by atoms with Crippen LogP contribution >= 0.6 is 0 Å². The minimum atomic E-state index is 0.317. The predicted molar refractivity (Wildman–Crippen MR) is 83.4 cm³/mol. The zero-order valence-electron chi connectivity index (χ0n) is 11.6. The summed E-state index contributed by atoms with van der Waals surface area (Å²) in [7, 11) is 0. The third kappa shape index (κ3) is 2.70. The highest BCUT2D eigenvalue weighted by atomic mass is 14.9. The third-order valence-corrected chi connectivity index (χ3v) is 3.68. The molecule has 0 amide bonds. The first kappa shape index (κ1) is 12.8. The molecule has 2 heteroatoms. The van der Waals surface area contributed by atoms with Gasteiger partial charge in [0.05, 0.1) is 0 Å². The lowest BCUT2D eigenvalue weighted by Crippen LogP contribution is -2.18. The van der Waals surface area contributed by atoms with Crippen molar-refractivity contribution in [2.24, 2.45) is 0 Å². The van der Waals surface area contributed by atoms with Crippen molar-refractivity contribution >= 4 is 10.8 Å². The van der Waals surface area contributed by atoms with Gasteiger partial charge in [-0.15, -0.1) is 0 Å². The molecule has 1 atom stereocenters. The van der Waals surface area contributed by atoms with Crippen molar-refractivity contribution in [2.45, 2.75) is 19.5 Å². The van der Waals surface area contributed by atoms with Gasteiger partial charge in [0.25, 0.3) is 0 Å². The number of nitrogens with one attached hydrogen (secondary N) is 1. The molecule has 1 N–H and O–H groups in total. The summed E-state index contributed by atoms with van der Waals surface area (Å²) < 4.78 is 0. The Hall–Kier alpha value is -2.19. The molecule has 0 radical (unpaired) electrons. The van der Waals surface area contributed by atoms with E-state index in [0.29, 0.717) is 6.04 Å². The number of nitrogens with zero attached hydrogens (tertiary/aromatic N) is 1. The highest BCUT2D eigenvalue weighted by Gasteiger charge is 2.05. The first-order chi connectivity index (χ1) is 9.84. The lowest BCUT2D eigenvalue weighted by atomic mass is 10.0. The highest BCUT2D eigenvalue weighted by molar-refractivity contribution is 5.85. The number of hydrogen-bond donors (Lipinski definition) is 1. The van der Waals surface area contributed by atoms with Crippen molar-refractivity contribution in [1.29, 1.82) is 0 Å². The second kappa shape index (κ2) is 5.85. The molecule has 1 heterocycles. The van der Waals surface area contributed by atoms with E-state index >= 15 is 0 Å². The zero-order valence-corrected chi connectivity index (χ0v) is 11.6. The molecule has 0 saturated carbocycles. The van der Waals surface area contributed by atoms with E-state index in [0.717, 1.165) is 6.54 Å². The van der Waals surface area contributed by atoms with Crippen LogP contribution in [-0.4, -0.2) is 4.98 Å². The SMILES string of the molecule is CC(NCc1cccc2ccccc12)c1ccncc1. The van der Waals surface area contributed by atoms with Crippen molar-refractivity contribution in [3.63, 3.8) is 0 Å². The van der Waals surface area contributed by atoms with Crippen molar-refractivity contribution in [2.75, 3.05) is 0 Å². The topological polar surface area (TPSA) is 24.9 Å². The Morgan fingerprint density at radius 3 is 2.55 bits per heavy atom. The van der Waals surface area contributed by atoms with Gasteiger partial charge < -0.3 is 5.32 Å². The minimum absolute atomic E-state index is 0.317. The number of hydrogen-bond acceptors (Lipinski definition) is 2. The molecular weight excluding hydrogens is 244 g/mol. The van der Waals surface area contributed by atoms with Crippen molar-refractivity contribution in [1.82, 2.24) is 10.3 Å². The highest BCUT2D eigenvalue weighted by Crippen LogP contribution is 2.19. The van der Waals surface area contributed by atoms with E-state index in [1.54, 1.807) is 0 Å². The molecule has 0 aliphatic carbocycles. The van der Waals surface area contributed by atoms with Gasteiger partial charge in [-0.1, -0.05) is 42.5 Å². The number of pyridine rings is 1. The lowest BCUT2D eigenvalue weighted by Gasteiger charge is -2.15. The lowest BCUT2D eigenvalue weighted by molar-refractivity contribution is 0.576. The summed E-state index contributed by atoms with van der Waals surface area (Å²) in [6.45, 7) is 3.05. The maximum atomic E-state index is 4.06. The molecule has 100 valence electrons. The summed E-state index contributed by atoms with van der Waals surface area (Å²) >= 11 is 0. The van der Waals surface area contributed by atoms with E-state index in [4.69, 9.17) is 0 Å². The van der Waals surface area contributed by atoms with Gasteiger partial charge in [0.15, 0.2) is 0 Å². The fraction of sp³-hybridized carbons (Fsp3) is 0.167. The molecule has 2 aromatic carbocycles. The maximum absolute atomic E-state index is 4.06. The number of aromatic nitrogens is 1. The van der Waals surface area contributed by atoms with Crippen LogP contribution in [0.5, 0.6) is 0 Å². The summed E-state index contributed by atoms with van der Waals surface area (Å²) in [5.74, 6) is 0. The van der Waals surface area contributed by atoms with E-state index in [1.165, 1.54) is 21.9 Å². The van der Waals surface area contributed by atoms with E-state index in [2.05, 4.69) is 71.8 Å². The van der Waals surface area contributed by atoms with Crippen LogP contribution in [0, 0.1) is 0 Å². The minimum Gasteiger partial charge on any atom is -0.306 e. The molecule has 20 heavy (non-hydrogen) atoms. The number of fused-ring (bicyclic) bond motifs is 1. The third-order valence-electron chi connectivity index (χ3n) is 3.68. The monoisotopic (exact) mass is 262 g/mol. The smallest absolute Gasteiger partial charge is 0.0296 e. The Kier molecular flexibility index (Phi) is 3.75. The van der Waals surface area contributed by atoms with Crippen LogP contribution < -0.4 is 5.32 Å². The van der Waals surface area contributed by atoms with E-state index in [-0.39, 0.29) is 0 Å². The van der Waals surface area contributed by atoms with E-state index in [9.17, 15) is 0 Å². The van der Waals surface area contributed by atoms with Crippen molar-refractivity contribution < 1.29 is 0 Å². The second-order valence-corrected chi connectivity index (χ2v) is 5.02. The summed E-state index contributed by atoms with van der Waals surface area (Å²) in [5, 5.41) is 6.20. The molecule has 1 aromatic heterocycles. The van der Waals surface area contributed by atoms with Gasteiger partial charge in [-0.2, -0.15) is 0 Å². The van der Waals surface area contributed by atoms with Crippen LogP contribution in [0.2, 0.25) is 0 Å². The molecule has 3 aromatic rings. The molecule has 0 saturated heterocycles. The first-order valence-corrected chi connectivity index (χ1v) is 6.94. The van der Waals surface area contributed by atoms with E-state index in [1.807, 2.05) is 12.4 Å². The van der Waals surface area contributed by atoms with Crippen molar-refractivity contribution in [3.05, 3.63) is 78.1 Å². The summed E-state index contributed by atoms with van der Waals surface area (Å²) in [6, 6.07) is 19.4. The van der Waals surface area contributed by atoms with E-state index < -0.39 is 0 Å². The van der Waals surface area contributed by atoms with Gasteiger partial charge >= 0.3 is 0 Å². The molecular formula is C18H18N2. The molecule has 0 bridgehead atoms. The Balaban J connectivity index is 1.77. The summed E-state index contributed by atoms with van der Waals surface area (Å²) in [4.78, 5) is 4.06. The van der Waals surface area contributed by atoms with Crippen LogP contribution in [0.4, 0.5) is 0 Å². The predicted octanol–water partition coefficient (Wildman–Crippen LogP) is 4.09. The van der Waals surface area contributed by atoms with Crippen LogP contribution in [-0.2, 0) is 6.54 Å². The van der Waals surface area contributed by atoms with Gasteiger partial charge in [0, 0.05) is 25.0 Å². The van der Waals surface area contributed by atoms with Crippen LogP contribution in [0.25, 0.3) is 10.8 Å². The van der Waals surface area contributed by atoms with Crippen LogP contribution in [0.1, 0.15) is 24.1 Å². The zero-order chi connectivity index (χ0) is 13.8. The van der Waals surface area contributed by atoms with Gasteiger partial charge in [-0.25, -0.2) is 0 Å². The first-order valence-electron chi connectivity index (χ1n) is 6.94. The molecule has 0 aliphatic heterocycles. The Morgan fingerprint density at radius 1 is 0.950 bits per heavy atom. The summed E-state index contributed by atoms with van der Waals surface area (Å²) in [6.07, 6.45) is 3.68. The van der Waals surface area contributed by atoms with Gasteiger partial charge in [-0.3, -0.25) is 4.98 Å². The molecule has 0 spiro atoms. The average molecular weight is 262 g/mol. The van der Waals surface area contributed by atoms with Crippen LogP contribution in [0.3, 0.4) is 0 Å². The van der Waals surface area contributed by atoms with Gasteiger partial charge in [0.1, 0.15) is 0 Å². The summed E-state index contributed by atoms with van der Waals surface area (Å²) in [5.41, 5.74) is 2.60. The average Bonchev–Trinajstić information content (AvgIpc) is 2.53. The normalized spacial score (nSPS) is 12.4. The molecule has 1 unspecified atom stereocenters. The molecule has 2 nitrogen and oxygen atoms in total. The van der Waals surface area contributed by atoms with Crippen LogP contribution in [0.15, 0.2) is 67.0 Å². The Labute approximate surface area is 119 Å². The maximum Gasteiger partial charge on any atom is 0.0296 e. The molecule has 0 aliphatic rings. The van der Waals surface area contributed by atoms with Gasteiger partial charge in [0.2, 0.25) is 0 Å².